The van der Waals surface area contributed by atoms with Crippen LogP contribution in [-0.4, -0.2) is 6.61 Å². The minimum Gasteiger partial charge on any atom is -0.494 e. The Labute approximate surface area is 120 Å². The van der Waals surface area contributed by atoms with E-state index in [1.165, 1.54) is 14.2 Å². The van der Waals surface area contributed by atoms with Gasteiger partial charge < -0.3 is 10.1 Å². The molecule has 0 bridgehead atoms. The number of para-hydroxylation sites is 1. The van der Waals surface area contributed by atoms with Gasteiger partial charge in [-0.2, -0.15) is 0 Å². The maximum Gasteiger partial charge on any atom is 0.123 e. The van der Waals surface area contributed by atoms with Crippen LogP contribution in [0.15, 0.2) is 40.2 Å². The second-order valence-electron chi connectivity index (χ2n) is 3.85. The molecule has 4 heteroatoms. The largest absolute Gasteiger partial charge is 0.494 e. The monoisotopic (exact) mass is 325 g/mol. The summed E-state index contributed by atoms with van der Waals surface area (Å²) in [6.07, 6.45) is 0. The molecule has 0 aliphatic rings. The zero-order valence-electron chi connectivity index (χ0n) is 10.3. The van der Waals surface area contributed by atoms with Crippen molar-refractivity contribution in [3.8, 4) is 5.75 Å². The Kier molecular flexibility index (Phi) is 5.23. The van der Waals surface area contributed by atoms with Crippen molar-refractivity contribution >= 4 is 27.3 Å². The van der Waals surface area contributed by atoms with E-state index in [1.54, 1.807) is 11.3 Å². The lowest BCUT2D eigenvalue weighted by molar-refractivity contribution is 0.335. The number of hydrogen-bond donors (Lipinski definition) is 1. The third-order valence-electron chi connectivity index (χ3n) is 2.52. The summed E-state index contributed by atoms with van der Waals surface area (Å²) in [4.78, 5) is 1.33. The Bertz CT molecular complexity index is 498. The smallest absolute Gasteiger partial charge is 0.123 e. The molecule has 1 N–H and O–H groups in total. The van der Waals surface area contributed by atoms with Crippen LogP contribution in [0.4, 0.5) is 0 Å². The van der Waals surface area contributed by atoms with Crippen LogP contribution in [0.2, 0.25) is 0 Å². The van der Waals surface area contributed by atoms with Crippen LogP contribution >= 0.6 is 27.3 Å². The first-order chi connectivity index (χ1) is 8.79. The lowest BCUT2D eigenvalue weighted by atomic mass is 10.2. The molecule has 0 fully saturated rings. The highest BCUT2D eigenvalue weighted by atomic mass is 79.9. The summed E-state index contributed by atoms with van der Waals surface area (Å²) < 4.78 is 6.77. The Morgan fingerprint density at radius 1 is 1.17 bits per heavy atom. The maximum atomic E-state index is 5.60. The van der Waals surface area contributed by atoms with E-state index in [2.05, 4.69) is 39.4 Å². The Balaban J connectivity index is 1.89. The highest BCUT2D eigenvalue weighted by Crippen LogP contribution is 2.22. The molecule has 2 aromatic rings. The lowest BCUT2D eigenvalue weighted by Gasteiger charge is -2.10. The third kappa shape index (κ3) is 3.83. The zero-order valence-corrected chi connectivity index (χ0v) is 12.7. The Morgan fingerprint density at radius 2 is 2.00 bits per heavy atom. The van der Waals surface area contributed by atoms with E-state index in [0.717, 1.165) is 18.8 Å². The van der Waals surface area contributed by atoms with Crippen LogP contribution < -0.4 is 10.1 Å². The van der Waals surface area contributed by atoms with Gasteiger partial charge in [0.05, 0.1) is 10.4 Å². The number of thiophene rings is 1. The van der Waals surface area contributed by atoms with Crippen molar-refractivity contribution in [3.05, 3.63) is 50.6 Å². The van der Waals surface area contributed by atoms with Gasteiger partial charge >= 0.3 is 0 Å². The van der Waals surface area contributed by atoms with Gasteiger partial charge in [-0.15, -0.1) is 11.3 Å². The van der Waals surface area contributed by atoms with Gasteiger partial charge in [0.2, 0.25) is 0 Å². The SMILES string of the molecule is CCOc1ccccc1CNCc1ccc(Br)s1. The van der Waals surface area contributed by atoms with Gasteiger partial charge in [0.25, 0.3) is 0 Å². The van der Waals surface area contributed by atoms with Crippen LogP contribution in [0.1, 0.15) is 17.4 Å². The molecule has 96 valence electrons. The van der Waals surface area contributed by atoms with Gasteiger partial charge in [-0.05, 0) is 41.1 Å². The number of hydrogen-bond acceptors (Lipinski definition) is 3. The molecule has 0 spiro atoms. The fourth-order valence-electron chi connectivity index (χ4n) is 1.71. The lowest BCUT2D eigenvalue weighted by Crippen LogP contribution is -2.12. The molecule has 0 unspecified atom stereocenters. The second kappa shape index (κ2) is 6.92. The molecule has 1 aromatic heterocycles. The van der Waals surface area contributed by atoms with Crippen LogP contribution in [-0.2, 0) is 13.1 Å². The second-order valence-corrected chi connectivity index (χ2v) is 6.40. The van der Waals surface area contributed by atoms with Gasteiger partial charge in [0.1, 0.15) is 5.75 Å². The molecule has 2 rings (SSSR count). The summed E-state index contributed by atoms with van der Waals surface area (Å²) in [7, 11) is 0. The van der Waals surface area contributed by atoms with Gasteiger partial charge in [-0.1, -0.05) is 18.2 Å². The minimum atomic E-state index is 0.703. The summed E-state index contributed by atoms with van der Waals surface area (Å²) in [6, 6.07) is 12.4. The van der Waals surface area contributed by atoms with Crippen LogP contribution in [0.25, 0.3) is 0 Å². The average Bonchev–Trinajstić information content (AvgIpc) is 2.78. The zero-order chi connectivity index (χ0) is 12.8. The first-order valence-corrected chi connectivity index (χ1v) is 7.56. The molecule has 0 radical (unpaired) electrons. The van der Waals surface area contributed by atoms with E-state index >= 15 is 0 Å². The van der Waals surface area contributed by atoms with E-state index in [9.17, 15) is 0 Å². The molecule has 0 saturated heterocycles. The Morgan fingerprint density at radius 3 is 2.72 bits per heavy atom. The molecule has 0 atom stereocenters. The predicted octanol–water partition coefficient (Wildman–Crippen LogP) is 4.20. The van der Waals surface area contributed by atoms with Crippen molar-refractivity contribution in [2.45, 2.75) is 20.0 Å². The van der Waals surface area contributed by atoms with Crippen LogP contribution in [0.5, 0.6) is 5.75 Å². The van der Waals surface area contributed by atoms with E-state index in [1.807, 2.05) is 25.1 Å². The van der Waals surface area contributed by atoms with E-state index < -0.39 is 0 Å². The summed E-state index contributed by atoms with van der Waals surface area (Å²) in [5.41, 5.74) is 1.20. The van der Waals surface area contributed by atoms with Crippen molar-refractivity contribution in [2.75, 3.05) is 6.61 Å². The minimum absolute atomic E-state index is 0.703. The number of rotatable bonds is 6. The molecule has 1 aromatic carbocycles. The van der Waals surface area contributed by atoms with Crippen molar-refractivity contribution in [1.29, 1.82) is 0 Å². The highest BCUT2D eigenvalue weighted by Gasteiger charge is 2.02. The van der Waals surface area contributed by atoms with E-state index in [-0.39, 0.29) is 0 Å². The number of halogens is 1. The topological polar surface area (TPSA) is 21.3 Å². The van der Waals surface area contributed by atoms with Crippen LogP contribution in [0.3, 0.4) is 0 Å². The maximum absolute atomic E-state index is 5.60. The molecule has 0 saturated carbocycles. The molecule has 2 nitrogen and oxygen atoms in total. The predicted molar refractivity (Wildman–Crippen MR) is 80.2 cm³/mol. The fourth-order valence-corrected chi connectivity index (χ4v) is 3.17. The molecule has 0 amide bonds. The van der Waals surface area contributed by atoms with E-state index in [4.69, 9.17) is 4.74 Å². The highest BCUT2D eigenvalue weighted by molar-refractivity contribution is 9.11. The molecule has 0 aliphatic carbocycles. The average molecular weight is 326 g/mol. The number of ether oxygens (including phenoxy) is 1. The quantitative estimate of drug-likeness (QED) is 0.859. The normalized spacial score (nSPS) is 10.6. The first kappa shape index (κ1) is 13.6. The summed E-state index contributed by atoms with van der Waals surface area (Å²) in [5.74, 6) is 0.972. The molecular formula is C14H16BrNOS. The summed E-state index contributed by atoms with van der Waals surface area (Å²) in [6.45, 7) is 4.42. The third-order valence-corrected chi connectivity index (χ3v) is 4.14. The van der Waals surface area contributed by atoms with Crippen molar-refractivity contribution in [2.24, 2.45) is 0 Å². The number of nitrogens with one attached hydrogen (secondary N) is 1. The van der Waals surface area contributed by atoms with Gasteiger partial charge in [0, 0.05) is 23.5 Å². The van der Waals surface area contributed by atoms with Crippen molar-refractivity contribution < 1.29 is 4.74 Å². The van der Waals surface area contributed by atoms with Crippen LogP contribution in [0, 0.1) is 0 Å². The summed E-state index contributed by atoms with van der Waals surface area (Å²) in [5, 5.41) is 3.44. The van der Waals surface area contributed by atoms with Gasteiger partial charge in [-0.25, -0.2) is 0 Å². The van der Waals surface area contributed by atoms with Gasteiger partial charge in [-0.3, -0.25) is 0 Å². The standard InChI is InChI=1S/C14H16BrNOS/c1-2-17-13-6-4-3-5-11(13)9-16-10-12-7-8-14(15)18-12/h3-8,16H,2,9-10H2,1H3. The van der Waals surface area contributed by atoms with E-state index in [0.29, 0.717) is 6.61 Å². The molecule has 0 aliphatic heterocycles. The van der Waals surface area contributed by atoms with Crippen molar-refractivity contribution in [3.63, 3.8) is 0 Å². The van der Waals surface area contributed by atoms with Gasteiger partial charge in [0.15, 0.2) is 0 Å². The Hall–Kier alpha value is -0.840. The molecule has 1 heterocycles. The number of benzene rings is 1. The van der Waals surface area contributed by atoms with Crippen molar-refractivity contribution in [1.82, 2.24) is 5.32 Å². The molecule has 18 heavy (non-hydrogen) atoms. The summed E-state index contributed by atoms with van der Waals surface area (Å²) >= 11 is 5.23. The molecular weight excluding hydrogens is 310 g/mol. The fraction of sp³-hybridized carbons (Fsp3) is 0.286. The first-order valence-electron chi connectivity index (χ1n) is 5.95.